The average Bonchev–Trinajstić information content (AvgIpc) is 3.46. The molecule has 0 unspecified atom stereocenters. The lowest BCUT2D eigenvalue weighted by molar-refractivity contribution is -0.153. The Kier molecular flexibility index (Phi) is 7.11. The molecule has 0 saturated heterocycles. The van der Waals surface area contributed by atoms with Gasteiger partial charge in [0.15, 0.2) is 12.2 Å². The molecule has 1 aromatic heterocycles. The van der Waals surface area contributed by atoms with Crippen molar-refractivity contribution in [2.75, 3.05) is 0 Å². The number of aliphatic hydroxyl groups excluding tert-OH is 2. The maximum Gasteiger partial charge on any atom is 0.255 e. The van der Waals surface area contributed by atoms with Crippen molar-refractivity contribution >= 4 is 34.4 Å². The van der Waals surface area contributed by atoms with Gasteiger partial charge in [-0.15, -0.1) is 0 Å². The highest BCUT2D eigenvalue weighted by atomic mass is 127. The van der Waals surface area contributed by atoms with Crippen LogP contribution in [0.25, 0.3) is 0 Å². The number of hydrogen-bond acceptors (Lipinski definition) is 5. The second kappa shape index (κ2) is 10.0. The quantitative estimate of drug-likeness (QED) is 0.384. The molecule has 0 bridgehead atoms. The number of nitrogens with zero attached hydrogens (tertiary/aromatic N) is 3. The summed E-state index contributed by atoms with van der Waals surface area (Å²) in [4.78, 5) is 26.6. The van der Waals surface area contributed by atoms with Gasteiger partial charge in [-0.25, -0.2) is 0 Å². The standard InChI is InChI=1S/C24H25IN4O4/c1-15(20-10-11-29(27-20)14-18-8-4-5-9-19(18)25)26-23(32)21(30)22(31)24(33)28-12-16-6-2-3-7-17(16)13-28/h2-11,15,21-22,30-31H,12-14H2,1H3,(H,26,32)/t15-,21+,22+/m0/s1. The van der Waals surface area contributed by atoms with Crippen molar-refractivity contribution < 1.29 is 19.8 Å². The van der Waals surface area contributed by atoms with Crippen LogP contribution < -0.4 is 5.32 Å². The third-order valence-electron chi connectivity index (χ3n) is 5.73. The van der Waals surface area contributed by atoms with Crippen LogP contribution in [0.2, 0.25) is 0 Å². The molecule has 8 nitrogen and oxygen atoms in total. The molecule has 4 rings (SSSR count). The molecular weight excluding hydrogens is 535 g/mol. The zero-order chi connectivity index (χ0) is 23.5. The van der Waals surface area contributed by atoms with Crippen LogP contribution >= 0.6 is 22.6 Å². The topological polar surface area (TPSA) is 108 Å². The predicted molar refractivity (Wildman–Crippen MR) is 130 cm³/mol. The zero-order valence-electron chi connectivity index (χ0n) is 18.1. The number of hydrogen-bond donors (Lipinski definition) is 3. The molecule has 2 aromatic carbocycles. The Morgan fingerprint density at radius 1 is 1.03 bits per heavy atom. The fourth-order valence-corrected chi connectivity index (χ4v) is 4.38. The third kappa shape index (κ3) is 5.26. The van der Waals surface area contributed by atoms with E-state index in [-0.39, 0.29) is 0 Å². The Bertz CT molecular complexity index is 1140. The fourth-order valence-electron chi connectivity index (χ4n) is 3.82. The first-order chi connectivity index (χ1) is 15.8. The van der Waals surface area contributed by atoms with Crippen molar-refractivity contribution in [1.82, 2.24) is 20.0 Å². The van der Waals surface area contributed by atoms with Gasteiger partial charge in [-0.05, 0) is 58.3 Å². The first-order valence-electron chi connectivity index (χ1n) is 10.6. The molecule has 0 aliphatic carbocycles. The number of nitrogens with one attached hydrogen (secondary N) is 1. The second-order valence-corrected chi connectivity index (χ2v) is 9.27. The first-order valence-corrected chi connectivity index (χ1v) is 11.7. The number of benzene rings is 2. The number of rotatable bonds is 7. The van der Waals surface area contributed by atoms with Crippen molar-refractivity contribution in [1.29, 1.82) is 0 Å². The van der Waals surface area contributed by atoms with E-state index in [0.29, 0.717) is 25.3 Å². The van der Waals surface area contributed by atoms with Crippen molar-refractivity contribution in [2.24, 2.45) is 0 Å². The van der Waals surface area contributed by atoms with Crippen LogP contribution in [0.1, 0.15) is 35.3 Å². The van der Waals surface area contributed by atoms with Gasteiger partial charge in [0.1, 0.15) is 0 Å². The van der Waals surface area contributed by atoms with Gasteiger partial charge >= 0.3 is 0 Å². The summed E-state index contributed by atoms with van der Waals surface area (Å²) in [5.74, 6) is -1.50. The highest BCUT2D eigenvalue weighted by Crippen LogP contribution is 2.23. The van der Waals surface area contributed by atoms with Crippen molar-refractivity contribution in [3.05, 3.63) is 86.7 Å². The van der Waals surface area contributed by atoms with E-state index >= 15 is 0 Å². The largest absolute Gasteiger partial charge is 0.380 e. The summed E-state index contributed by atoms with van der Waals surface area (Å²) >= 11 is 2.28. The summed E-state index contributed by atoms with van der Waals surface area (Å²) in [5.41, 5.74) is 3.72. The van der Waals surface area contributed by atoms with Gasteiger partial charge in [-0.1, -0.05) is 42.5 Å². The summed E-state index contributed by atoms with van der Waals surface area (Å²) in [6, 6.07) is 16.9. The molecule has 33 heavy (non-hydrogen) atoms. The van der Waals surface area contributed by atoms with Crippen LogP contribution in [-0.4, -0.2) is 48.9 Å². The van der Waals surface area contributed by atoms with Crippen LogP contribution in [0.15, 0.2) is 60.8 Å². The van der Waals surface area contributed by atoms with Gasteiger partial charge in [-0.3, -0.25) is 14.3 Å². The average molecular weight is 560 g/mol. The molecule has 3 atom stereocenters. The molecule has 3 N–H and O–H groups in total. The van der Waals surface area contributed by atoms with E-state index in [2.05, 4.69) is 33.0 Å². The molecule has 0 saturated carbocycles. The molecule has 1 aliphatic heterocycles. The summed E-state index contributed by atoms with van der Waals surface area (Å²) in [6.45, 7) is 3.01. The molecular formula is C24H25IN4O4. The zero-order valence-corrected chi connectivity index (χ0v) is 20.2. The van der Waals surface area contributed by atoms with E-state index in [1.807, 2.05) is 54.7 Å². The maximum absolute atomic E-state index is 12.6. The van der Waals surface area contributed by atoms with E-state index in [0.717, 1.165) is 20.3 Å². The minimum atomic E-state index is -1.88. The Hall–Kier alpha value is -2.76. The predicted octanol–water partition coefficient (Wildman–Crippen LogP) is 1.98. The summed E-state index contributed by atoms with van der Waals surface area (Å²) in [7, 11) is 0. The monoisotopic (exact) mass is 560 g/mol. The minimum Gasteiger partial charge on any atom is -0.380 e. The number of amides is 2. The minimum absolute atomic E-state index is 0.342. The second-order valence-electron chi connectivity index (χ2n) is 8.11. The number of fused-ring (bicyclic) bond motifs is 1. The maximum atomic E-state index is 12.6. The van der Waals surface area contributed by atoms with E-state index in [1.165, 1.54) is 4.90 Å². The molecule has 1 aliphatic rings. The molecule has 172 valence electrons. The third-order valence-corrected chi connectivity index (χ3v) is 6.78. The Labute approximate surface area is 205 Å². The summed E-state index contributed by atoms with van der Waals surface area (Å²) < 4.78 is 2.91. The number of halogens is 1. The smallest absolute Gasteiger partial charge is 0.255 e. The molecule has 2 amide bonds. The Morgan fingerprint density at radius 2 is 1.67 bits per heavy atom. The van der Waals surface area contributed by atoms with E-state index in [4.69, 9.17) is 0 Å². The van der Waals surface area contributed by atoms with Gasteiger partial charge in [0.25, 0.3) is 11.8 Å². The van der Waals surface area contributed by atoms with Crippen LogP contribution in [0.3, 0.4) is 0 Å². The van der Waals surface area contributed by atoms with Crippen molar-refractivity contribution in [3.63, 3.8) is 0 Å². The van der Waals surface area contributed by atoms with E-state index in [9.17, 15) is 19.8 Å². The molecule has 2 heterocycles. The molecule has 0 fully saturated rings. The van der Waals surface area contributed by atoms with Gasteiger partial charge in [0, 0.05) is 22.9 Å². The summed E-state index contributed by atoms with van der Waals surface area (Å²) in [6.07, 6.45) is -1.90. The van der Waals surface area contributed by atoms with Crippen LogP contribution in [-0.2, 0) is 29.2 Å². The van der Waals surface area contributed by atoms with Crippen LogP contribution in [0, 0.1) is 3.57 Å². The van der Waals surface area contributed by atoms with E-state index < -0.39 is 30.1 Å². The number of aromatic nitrogens is 2. The van der Waals surface area contributed by atoms with Crippen molar-refractivity contribution in [2.45, 2.75) is 44.8 Å². The highest BCUT2D eigenvalue weighted by Gasteiger charge is 2.36. The number of aliphatic hydroxyl groups is 2. The lowest BCUT2D eigenvalue weighted by Gasteiger charge is -2.23. The van der Waals surface area contributed by atoms with Gasteiger partial charge in [0.05, 0.1) is 18.3 Å². The van der Waals surface area contributed by atoms with Crippen LogP contribution in [0.4, 0.5) is 0 Å². The van der Waals surface area contributed by atoms with Gasteiger partial charge < -0.3 is 20.4 Å². The Morgan fingerprint density at radius 3 is 2.33 bits per heavy atom. The number of carbonyl (C=O) groups excluding carboxylic acids is 2. The Balaban J connectivity index is 1.33. The molecule has 3 aromatic rings. The van der Waals surface area contributed by atoms with Crippen LogP contribution in [0.5, 0.6) is 0 Å². The number of carbonyl (C=O) groups is 2. The molecule has 9 heteroatoms. The SMILES string of the molecule is C[C@H](NC(=O)[C@H](O)[C@@H](O)C(=O)N1Cc2ccccc2C1)c1ccn(Cc2ccccc2I)n1. The van der Waals surface area contributed by atoms with E-state index in [1.54, 1.807) is 17.7 Å². The lowest BCUT2D eigenvalue weighted by atomic mass is 10.1. The van der Waals surface area contributed by atoms with Gasteiger partial charge in [0.2, 0.25) is 0 Å². The fraction of sp³-hybridized carbons (Fsp3) is 0.292. The first kappa shape index (κ1) is 23.4. The summed E-state index contributed by atoms with van der Waals surface area (Å²) in [5, 5.41) is 27.8. The normalized spacial score (nSPS) is 15.6. The molecule has 0 spiro atoms. The van der Waals surface area contributed by atoms with Crippen molar-refractivity contribution in [3.8, 4) is 0 Å². The highest BCUT2D eigenvalue weighted by molar-refractivity contribution is 14.1. The molecule has 0 radical (unpaired) electrons. The van der Waals surface area contributed by atoms with Gasteiger partial charge in [-0.2, -0.15) is 5.10 Å². The lowest BCUT2D eigenvalue weighted by Crippen LogP contribution is -2.50.